The van der Waals surface area contributed by atoms with Crippen molar-refractivity contribution in [2.75, 3.05) is 25.3 Å². The summed E-state index contributed by atoms with van der Waals surface area (Å²) in [6.45, 7) is 0. The third-order valence-corrected chi connectivity index (χ3v) is 2.26. The number of thioether (sulfide) groups is 1. The van der Waals surface area contributed by atoms with Crippen LogP contribution in [0, 0.1) is 0 Å². The Kier molecular flexibility index (Phi) is 3.29. The van der Waals surface area contributed by atoms with E-state index in [-0.39, 0.29) is 5.56 Å². The zero-order chi connectivity index (χ0) is 10.7. The Morgan fingerprint density at radius 1 is 1.57 bits per heavy atom. The number of hydrogen-bond donors (Lipinski definition) is 1. The summed E-state index contributed by atoms with van der Waals surface area (Å²) in [5, 5.41) is 9.30. The van der Waals surface area contributed by atoms with Crippen LogP contribution in [0.25, 0.3) is 0 Å². The fourth-order valence-electron chi connectivity index (χ4n) is 0.875. The second-order valence-corrected chi connectivity index (χ2v) is 3.59. The number of anilines is 1. The molecule has 0 spiro atoms. The molecule has 0 aliphatic carbocycles. The van der Waals surface area contributed by atoms with E-state index in [0.717, 1.165) is 0 Å². The van der Waals surface area contributed by atoms with Crippen molar-refractivity contribution in [1.82, 2.24) is 9.97 Å². The standard InChI is InChI=1S/C8H11N3O2S/c1-11(2)8-9-4-5(7(12)13)6(10-8)14-3/h4H,1-3H3,(H,12,13). The zero-order valence-electron chi connectivity index (χ0n) is 8.18. The van der Waals surface area contributed by atoms with E-state index in [1.807, 2.05) is 0 Å². The SMILES string of the molecule is CSc1nc(N(C)C)ncc1C(=O)O. The van der Waals surface area contributed by atoms with Gasteiger partial charge in [0, 0.05) is 20.3 Å². The molecule has 1 rings (SSSR count). The van der Waals surface area contributed by atoms with Gasteiger partial charge in [-0.1, -0.05) is 0 Å². The Morgan fingerprint density at radius 2 is 2.21 bits per heavy atom. The van der Waals surface area contributed by atoms with Crippen molar-refractivity contribution in [3.8, 4) is 0 Å². The number of carboxylic acid groups (broad SMARTS) is 1. The molecule has 5 nitrogen and oxygen atoms in total. The summed E-state index contributed by atoms with van der Waals surface area (Å²) in [7, 11) is 3.61. The minimum Gasteiger partial charge on any atom is -0.478 e. The van der Waals surface area contributed by atoms with E-state index in [2.05, 4.69) is 9.97 Å². The summed E-state index contributed by atoms with van der Waals surface area (Å²) in [5.41, 5.74) is 0.142. The second-order valence-electron chi connectivity index (χ2n) is 2.79. The molecule has 0 unspecified atom stereocenters. The number of nitrogens with zero attached hydrogens (tertiary/aromatic N) is 3. The van der Waals surface area contributed by atoms with Gasteiger partial charge in [0.1, 0.15) is 10.6 Å². The van der Waals surface area contributed by atoms with Crippen LogP contribution < -0.4 is 4.90 Å². The van der Waals surface area contributed by atoms with Gasteiger partial charge < -0.3 is 10.0 Å². The molecule has 0 aromatic carbocycles. The first-order valence-electron chi connectivity index (χ1n) is 3.88. The molecule has 0 saturated carbocycles. The molecular formula is C8H11N3O2S. The van der Waals surface area contributed by atoms with Gasteiger partial charge in [-0.2, -0.15) is 0 Å². The quantitative estimate of drug-likeness (QED) is 0.596. The molecule has 1 aromatic heterocycles. The van der Waals surface area contributed by atoms with E-state index < -0.39 is 5.97 Å². The fourth-order valence-corrected chi connectivity index (χ4v) is 1.41. The van der Waals surface area contributed by atoms with Crippen LogP contribution in [0.1, 0.15) is 10.4 Å². The van der Waals surface area contributed by atoms with Gasteiger partial charge in [-0.15, -0.1) is 11.8 Å². The van der Waals surface area contributed by atoms with Crippen molar-refractivity contribution in [3.63, 3.8) is 0 Å². The minimum absolute atomic E-state index is 0.142. The molecule has 1 N–H and O–H groups in total. The normalized spacial score (nSPS) is 9.93. The van der Waals surface area contributed by atoms with E-state index in [1.54, 1.807) is 25.3 Å². The number of aromatic carboxylic acids is 1. The van der Waals surface area contributed by atoms with Crippen LogP contribution in [0.5, 0.6) is 0 Å². The van der Waals surface area contributed by atoms with E-state index in [1.165, 1.54) is 18.0 Å². The molecule has 1 heterocycles. The highest BCUT2D eigenvalue weighted by molar-refractivity contribution is 7.98. The lowest BCUT2D eigenvalue weighted by molar-refractivity contribution is 0.0691. The molecule has 1 aromatic rings. The summed E-state index contributed by atoms with van der Waals surface area (Å²) in [4.78, 5) is 20.5. The van der Waals surface area contributed by atoms with E-state index >= 15 is 0 Å². The largest absolute Gasteiger partial charge is 0.478 e. The summed E-state index contributed by atoms with van der Waals surface area (Å²) >= 11 is 1.30. The first-order valence-corrected chi connectivity index (χ1v) is 5.10. The monoisotopic (exact) mass is 213 g/mol. The van der Waals surface area contributed by atoms with Gasteiger partial charge in [0.05, 0.1) is 0 Å². The molecular weight excluding hydrogens is 202 g/mol. The molecule has 0 bridgehead atoms. The van der Waals surface area contributed by atoms with Gasteiger partial charge in [-0.25, -0.2) is 14.8 Å². The molecule has 14 heavy (non-hydrogen) atoms. The zero-order valence-corrected chi connectivity index (χ0v) is 9.00. The fraction of sp³-hybridized carbons (Fsp3) is 0.375. The molecule has 0 atom stereocenters. The third kappa shape index (κ3) is 2.14. The molecule has 76 valence electrons. The predicted octanol–water partition coefficient (Wildman–Crippen LogP) is 0.963. The third-order valence-electron chi connectivity index (χ3n) is 1.56. The topological polar surface area (TPSA) is 66.3 Å². The average Bonchev–Trinajstić information content (AvgIpc) is 2.16. The number of aromatic nitrogens is 2. The van der Waals surface area contributed by atoms with Crippen molar-refractivity contribution >= 4 is 23.7 Å². The maximum Gasteiger partial charge on any atom is 0.340 e. The lowest BCUT2D eigenvalue weighted by Gasteiger charge is -2.11. The Labute approximate surface area is 86.2 Å². The van der Waals surface area contributed by atoms with Crippen molar-refractivity contribution in [1.29, 1.82) is 0 Å². The van der Waals surface area contributed by atoms with Gasteiger partial charge in [0.25, 0.3) is 0 Å². The predicted molar refractivity (Wildman–Crippen MR) is 55.1 cm³/mol. The first-order chi connectivity index (χ1) is 6.56. The van der Waals surface area contributed by atoms with Gasteiger partial charge in [-0.05, 0) is 6.26 Å². The second kappa shape index (κ2) is 4.28. The lowest BCUT2D eigenvalue weighted by Crippen LogP contribution is -2.14. The van der Waals surface area contributed by atoms with Crippen LogP contribution in [-0.4, -0.2) is 41.4 Å². The maximum absolute atomic E-state index is 10.8. The summed E-state index contributed by atoms with van der Waals surface area (Å²) < 4.78 is 0. The molecule has 0 aliphatic rings. The first kappa shape index (κ1) is 10.8. The van der Waals surface area contributed by atoms with Crippen molar-refractivity contribution in [3.05, 3.63) is 11.8 Å². The van der Waals surface area contributed by atoms with Crippen LogP contribution in [0.2, 0.25) is 0 Å². The Hall–Kier alpha value is -1.30. The Bertz CT molecular complexity index is 354. The van der Waals surface area contributed by atoms with Crippen molar-refractivity contribution < 1.29 is 9.90 Å². The van der Waals surface area contributed by atoms with Gasteiger partial charge >= 0.3 is 5.97 Å². The van der Waals surface area contributed by atoms with E-state index in [4.69, 9.17) is 5.11 Å². The molecule has 0 saturated heterocycles. The Balaban J connectivity index is 3.18. The molecule has 0 amide bonds. The summed E-state index contributed by atoms with van der Waals surface area (Å²) in [6, 6.07) is 0. The highest BCUT2D eigenvalue weighted by atomic mass is 32.2. The number of rotatable bonds is 3. The summed E-state index contributed by atoms with van der Waals surface area (Å²) in [6.07, 6.45) is 3.12. The maximum atomic E-state index is 10.8. The van der Waals surface area contributed by atoms with E-state index in [0.29, 0.717) is 11.0 Å². The van der Waals surface area contributed by atoms with Crippen molar-refractivity contribution in [2.24, 2.45) is 0 Å². The molecule has 0 fully saturated rings. The lowest BCUT2D eigenvalue weighted by atomic mass is 10.3. The molecule has 0 aliphatic heterocycles. The molecule has 6 heteroatoms. The van der Waals surface area contributed by atoms with Crippen LogP contribution in [0.4, 0.5) is 5.95 Å². The van der Waals surface area contributed by atoms with Crippen LogP contribution >= 0.6 is 11.8 Å². The van der Waals surface area contributed by atoms with Gasteiger partial charge in [-0.3, -0.25) is 0 Å². The van der Waals surface area contributed by atoms with Gasteiger partial charge in [0.15, 0.2) is 0 Å². The molecule has 0 radical (unpaired) electrons. The smallest absolute Gasteiger partial charge is 0.340 e. The number of carboxylic acids is 1. The van der Waals surface area contributed by atoms with Crippen LogP contribution in [0.15, 0.2) is 11.2 Å². The number of carbonyl (C=O) groups is 1. The summed E-state index contributed by atoms with van der Waals surface area (Å²) in [5.74, 6) is -0.487. The minimum atomic E-state index is -1.00. The van der Waals surface area contributed by atoms with E-state index in [9.17, 15) is 4.79 Å². The van der Waals surface area contributed by atoms with Gasteiger partial charge in [0.2, 0.25) is 5.95 Å². The Morgan fingerprint density at radius 3 is 2.64 bits per heavy atom. The highest BCUT2D eigenvalue weighted by Gasteiger charge is 2.13. The van der Waals surface area contributed by atoms with Crippen LogP contribution in [0.3, 0.4) is 0 Å². The average molecular weight is 213 g/mol. The van der Waals surface area contributed by atoms with Crippen LogP contribution in [-0.2, 0) is 0 Å². The highest BCUT2D eigenvalue weighted by Crippen LogP contribution is 2.19. The number of hydrogen-bond acceptors (Lipinski definition) is 5. The van der Waals surface area contributed by atoms with Crippen molar-refractivity contribution in [2.45, 2.75) is 5.03 Å².